The first-order chi connectivity index (χ1) is 6.36. The van der Waals surface area contributed by atoms with Crippen LogP contribution in [0.4, 0.5) is 0 Å². The van der Waals surface area contributed by atoms with Crippen molar-refractivity contribution in [2.75, 3.05) is 6.61 Å². The highest BCUT2D eigenvalue weighted by molar-refractivity contribution is 5.15. The molecule has 1 rings (SSSR count). The highest BCUT2D eigenvalue weighted by atomic mass is 17.1. The van der Waals surface area contributed by atoms with Crippen molar-refractivity contribution in [3.05, 3.63) is 35.9 Å². The largest absolute Gasteiger partial charge is 0.316 e. The summed E-state index contributed by atoms with van der Waals surface area (Å²) >= 11 is 0. The molecule has 4 heteroatoms. The fraction of sp³-hybridized carbons (Fsp3) is 0.333. The lowest BCUT2D eigenvalue weighted by molar-refractivity contribution is -0.250. The van der Waals surface area contributed by atoms with Crippen molar-refractivity contribution in [2.24, 2.45) is 0 Å². The zero-order chi connectivity index (χ0) is 9.52. The van der Waals surface area contributed by atoms with Crippen LogP contribution in [-0.4, -0.2) is 23.1 Å². The van der Waals surface area contributed by atoms with E-state index in [4.69, 9.17) is 10.5 Å². The van der Waals surface area contributed by atoms with E-state index in [1.54, 1.807) is 0 Å². The first-order valence-corrected chi connectivity index (χ1v) is 4.06. The molecular formula is C9H13NO3. The molecule has 72 valence electrons. The summed E-state index contributed by atoms with van der Waals surface area (Å²) in [6.45, 7) is 0.0609. The summed E-state index contributed by atoms with van der Waals surface area (Å²) in [6.07, 6.45) is 0.609. The second kappa shape index (κ2) is 5.66. The second-order valence-corrected chi connectivity index (χ2v) is 2.81. The molecule has 1 aromatic carbocycles. The zero-order valence-electron chi connectivity index (χ0n) is 7.18. The first kappa shape index (κ1) is 10.1. The molecule has 13 heavy (non-hydrogen) atoms. The normalized spacial score (nSPS) is 12.8. The van der Waals surface area contributed by atoms with Crippen LogP contribution in [0.5, 0.6) is 0 Å². The third-order valence-electron chi connectivity index (χ3n) is 1.78. The molecule has 0 unspecified atom stereocenters. The molecule has 0 heterocycles. The summed E-state index contributed by atoms with van der Waals surface area (Å²) < 4.78 is 0. The molecule has 3 N–H and O–H groups in total. The molecule has 0 aromatic heterocycles. The number of hydrogen-bond acceptors (Lipinski definition) is 4. The van der Waals surface area contributed by atoms with Crippen LogP contribution in [-0.2, 0) is 11.3 Å². The summed E-state index contributed by atoms with van der Waals surface area (Å²) in [5, 5.41) is 16.9. The van der Waals surface area contributed by atoms with E-state index in [9.17, 15) is 0 Å². The van der Waals surface area contributed by atoms with Crippen molar-refractivity contribution in [3.8, 4) is 0 Å². The molecule has 0 fully saturated rings. The van der Waals surface area contributed by atoms with Gasteiger partial charge in [0.25, 0.3) is 0 Å². The first-order valence-electron chi connectivity index (χ1n) is 4.06. The van der Waals surface area contributed by atoms with Crippen LogP contribution in [0.2, 0.25) is 0 Å². The molecule has 0 spiro atoms. The van der Waals surface area contributed by atoms with Gasteiger partial charge in [0.1, 0.15) is 0 Å². The number of rotatable bonds is 5. The minimum Gasteiger partial charge on any atom is -0.316 e. The summed E-state index contributed by atoms with van der Waals surface area (Å²) in [6, 6.07) is 9.37. The number of benzene rings is 1. The minimum absolute atomic E-state index is 0.0609. The molecule has 0 radical (unpaired) electrons. The highest BCUT2D eigenvalue weighted by Gasteiger charge is 2.07. The molecule has 1 aromatic rings. The number of nitrogens with one attached hydrogen (secondary N) is 1. The minimum atomic E-state index is -0.285. The molecule has 0 aliphatic carbocycles. The van der Waals surface area contributed by atoms with Gasteiger partial charge in [-0.3, -0.25) is 5.26 Å². The maximum atomic E-state index is 8.68. The van der Waals surface area contributed by atoms with Crippen LogP contribution in [0.3, 0.4) is 0 Å². The van der Waals surface area contributed by atoms with Gasteiger partial charge >= 0.3 is 0 Å². The number of hydroxylamine groups is 1. The summed E-state index contributed by atoms with van der Waals surface area (Å²) in [7, 11) is 0. The Morgan fingerprint density at radius 2 is 2.00 bits per heavy atom. The van der Waals surface area contributed by atoms with Crippen LogP contribution in [0, 0.1) is 0 Å². The molecule has 0 saturated carbocycles. The quantitative estimate of drug-likeness (QED) is 0.472. The summed E-state index contributed by atoms with van der Waals surface area (Å²) in [5.41, 5.74) is 3.14. The van der Waals surface area contributed by atoms with E-state index in [1.165, 1.54) is 0 Å². The Kier molecular flexibility index (Phi) is 4.42. The Morgan fingerprint density at radius 3 is 2.54 bits per heavy atom. The smallest absolute Gasteiger partial charge is 0.0998 e. The molecule has 4 nitrogen and oxygen atoms in total. The lowest BCUT2D eigenvalue weighted by Crippen LogP contribution is -2.32. The van der Waals surface area contributed by atoms with E-state index < -0.39 is 0 Å². The molecule has 0 amide bonds. The van der Waals surface area contributed by atoms with Crippen molar-refractivity contribution in [1.29, 1.82) is 0 Å². The lowest BCUT2D eigenvalue weighted by Gasteiger charge is -2.12. The summed E-state index contributed by atoms with van der Waals surface area (Å²) in [4.78, 5) is 3.94. The topological polar surface area (TPSA) is 61.7 Å². The fourth-order valence-corrected chi connectivity index (χ4v) is 1.13. The van der Waals surface area contributed by atoms with Gasteiger partial charge in [-0.05, 0) is 12.0 Å². The molecule has 1 atom stereocenters. The third-order valence-corrected chi connectivity index (χ3v) is 1.78. The van der Waals surface area contributed by atoms with Gasteiger partial charge in [-0.25, -0.2) is 4.89 Å². The van der Waals surface area contributed by atoms with E-state index in [0.29, 0.717) is 6.42 Å². The van der Waals surface area contributed by atoms with Gasteiger partial charge in [0.05, 0.1) is 12.6 Å². The van der Waals surface area contributed by atoms with Crippen molar-refractivity contribution >= 4 is 0 Å². The van der Waals surface area contributed by atoms with E-state index >= 15 is 0 Å². The van der Waals surface area contributed by atoms with Gasteiger partial charge in [0.15, 0.2) is 0 Å². The van der Waals surface area contributed by atoms with Crippen molar-refractivity contribution in [3.63, 3.8) is 0 Å². The van der Waals surface area contributed by atoms with Crippen LogP contribution in [0.15, 0.2) is 30.3 Å². The molecule has 0 bridgehead atoms. The Hall–Kier alpha value is -0.940. The average molecular weight is 183 g/mol. The van der Waals surface area contributed by atoms with Gasteiger partial charge in [-0.15, -0.1) is 0 Å². The molecule has 0 aliphatic rings. The van der Waals surface area contributed by atoms with Crippen molar-refractivity contribution < 1.29 is 15.4 Å². The van der Waals surface area contributed by atoms with Gasteiger partial charge in [-0.1, -0.05) is 30.3 Å². The van der Waals surface area contributed by atoms with E-state index in [2.05, 4.69) is 10.4 Å². The van der Waals surface area contributed by atoms with E-state index in [0.717, 1.165) is 5.56 Å². The highest BCUT2D eigenvalue weighted by Crippen LogP contribution is 2.02. The van der Waals surface area contributed by atoms with Crippen LogP contribution in [0.1, 0.15) is 5.56 Å². The Balaban J connectivity index is 2.46. The second-order valence-electron chi connectivity index (χ2n) is 2.81. The Bertz CT molecular complexity index is 228. The van der Waals surface area contributed by atoms with Gasteiger partial charge in [0, 0.05) is 0 Å². The molecule has 0 aliphatic heterocycles. The Labute approximate surface area is 76.7 Å². The average Bonchev–Trinajstić information content (AvgIpc) is 2.19. The molecule has 0 saturated heterocycles. The molecular weight excluding hydrogens is 170 g/mol. The maximum Gasteiger partial charge on any atom is 0.0998 e. The Morgan fingerprint density at radius 1 is 1.31 bits per heavy atom. The lowest BCUT2D eigenvalue weighted by atomic mass is 10.1. The van der Waals surface area contributed by atoms with Crippen molar-refractivity contribution in [2.45, 2.75) is 12.5 Å². The third kappa shape index (κ3) is 3.52. The number of hydrogen-bond donors (Lipinski definition) is 3. The predicted molar refractivity (Wildman–Crippen MR) is 47.4 cm³/mol. The van der Waals surface area contributed by atoms with Crippen molar-refractivity contribution in [1.82, 2.24) is 5.48 Å². The SMILES string of the molecule is ON[C@H](COO)Cc1ccccc1. The zero-order valence-corrected chi connectivity index (χ0v) is 7.18. The standard InChI is InChI=1S/C9H13NO3/c11-10-9(7-13-12)6-8-4-2-1-3-5-8/h1-5,9-12H,6-7H2/t9-/m0/s1. The van der Waals surface area contributed by atoms with Gasteiger partial charge in [0.2, 0.25) is 0 Å². The van der Waals surface area contributed by atoms with Gasteiger partial charge in [-0.2, -0.15) is 5.48 Å². The summed E-state index contributed by atoms with van der Waals surface area (Å²) in [5.74, 6) is 0. The fourth-order valence-electron chi connectivity index (χ4n) is 1.13. The van der Waals surface area contributed by atoms with E-state index in [-0.39, 0.29) is 12.6 Å². The maximum absolute atomic E-state index is 8.68. The monoisotopic (exact) mass is 183 g/mol. The van der Waals surface area contributed by atoms with Crippen LogP contribution >= 0.6 is 0 Å². The van der Waals surface area contributed by atoms with Crippen LogP contribution in [0.25, 0.3) is 0 Å². The van der Waals surface area contributed by atoms with E-state index in [1.807, 2.05) is 30.3 Å². The van der Waals surface area contributed by atoms with Gasteiger partial charge < -0.3 is 5.21 Å². The predicted octanol–water partition coefficient (Wildman–Crippen LogP) is 1.07. The van der Waals surface area contributed by atoms with Crippen LogP contribution < -0.4 is 5.48 Å².